The van der Waals surface area contributed by atoms with Crippen molar-refractivity contribution in [3.63, 3.8) is 0 Å². The highest BCUT2D eigenvalue weighted by Gasteiger charge is 2.36. The highest BCUT2D eigenvalue weighted by Crippen LogP contribution is 2.39. The van der Waals surface area contributed by atoms with Gasteiger partial charge in [-0.05, 0) is 64.7 Å². The third-order valence-corrected chi connectivity index (χ3v) is 9.59. The second-order valence-electron chi connectivity index (χ2n) is 13.2. The van der Waals surface area contributed by atoms with Gasteiger partial charge in [0.05, 0.1) is 42.6 Å². The molecular weight excluding hydrogens is 644 g/mol. The fourth-order valence-electron chi connectivity index (χ4n) is 6.90. The molecule has 9 nitrogen and oxygen atoms in total. The van der Waals surface area contributed by atoms with E-state index in [4.69, 9.17) is 9.47 Å². The summed E-state index contributed by atoms with van der Waals surface area (Å²) in [5.41, 5.74) is 6.82. The van der Waals surface area contributed by atoms with Crippen molar-refractivity contribution in [2.24, 2.45) is 0 Å². The maximum atomic E-state index is 13.1. The average Bonchev–Trinajstić information content (AvgIpc) is 3.39. The number of ether oxygens (including phenoxy) is 2. The van der Waals surface area contributed by atoms with Crippen molar-refractivity contribution >= 4 is 11.8 Å². The SMILES string of the molecule is CN(C[C@@H]1C[C@H](c2ccc(CO)cc2)O[C@H](c2ccc(-c3ccccc3CN3C(=O)c4ccccc4C3=O)cc2)O1)C[C@@H](O)c1cccc(O)c1. The number of likely N-dealkylation sites (N-methyl/N-ethyl adjacent to an activating group) is 1. The van der Waals surface area contributed by atoms with E-state index in [0.717, 1.165) is 33.4 Å². The molecule has 5 aromatic rings. The number of aliphatic hydroxyl groups excluding tert-OH is 2. The Morgan fingerprint density at radius 1 is 0.784 bits per heavy atom. The molecule has 2 aliphatic rings. The number of benzene rings is 5. The van der Waals surface area contributed by atoms with Gasteiger partial charge in [0.1, 0.15) is 5.75 Å². The summed E-state index contributed by atoms with van der Waals surface area (Å²) in [5.74, 6) is -0.471. The lowest BCUT2D eigenvalue weighted by Crippen LogP contribution is -2.39. The molecular formula is C42H40N2O7. The van der Waals surface area contributed by atoms with Crippen LogP contribution in [0.25, 0.3) is 11.1 Å². The van der Waals surface area contributed by atoms with Crippen LogP contribution < -0.4 is 0 Å². The normalized spacial score (nSPS) is 19.4. The first kappa shape index (κ1) is 34.3. The van der Waals surface area contributed by atoms with Gasteiger partial charge in [0.2, 0.25) is 0 Å². The van der Waals surface area contributed by atoms with Gasteiger partial charge in [-0.25, -0.2) is 0 Å². The zero-order valence-electron chi connectivity index (χ0n) is 28.3. The van der Waals surface area contributed by atoms with Gasteiger partial charge < -0.3 is 29.7 Å². The van der Waals surface area contributed by atoms with Crippen molar-refractivity contribution in [1.82, 2.24) is 9.80 Å². The van der Waals surface area contributed by atoms with Crippen LogP contribution in [-0.4, -0.2) is 63.2 Å². The van der Waals surface area contributed by atoms with Crippen LogP contribution in [0.15, 0.2) is 121 Å². The molecule has 0 radical (unpaired) electrons. The molecule has 7 rings (SSSR count). The summed E-state index contributed by atoms with van der Waals surface area (Å²) in [7, 11) is 1.93. The summed E-state index contributed by atoms with van der Waals surface area (Å²) in [5, 5.41) is 30.3. The molecule has 260 valence electrons. The third-order valence-electron chi connectivity index (χ3n) is 9.59. The van der Waals surface area contributed by atoms with Crippen LogP contribution in [0.3, 0.4) is 0 Å². The number of carbonyl (C=O) groups is 2. The van der Waals surface area contributed by atoms with Gasteiger partial charge in [-0.15, -0.1) is 0 Å². The fraction of sp³-hybridized carbons (Fsp3) is 0.238. The van der Waals surface area contributed by atoms with Crippen LogP contribution >= 0.6 is 0 Å². The van der Waals surface area contributed by atoms with Gasteiger partial charge in [-0.3, -0.25) is 14.5 Å². The Balaban J connectivity index is 1.09. The topological polar surface area (TPSA) is 120 Å². The minimum absolute atomic E-state index is 0.0414. The van der Waals surface area contributed by atoms with Gasteiger partial charge in [0.15, 0.2) is 6.29 Å². The summed E-state index contributed by atoms with van der Waals surface area (Å²) >= 11 is 0. The van der Waals surface area contributed by atoms with Crippen LogP contribution in [0, 0.1) is 0 Å². The first-order valence-corrected chi connectivity index (χ1v) is 17.1. The number of carbonyl (C=O) groups excluding carboxylic acids is 2. The van der Waals surface area contributed by atoms with E-state index in [1.165, 1.54) is 4.90 Å². The number of fused-ring (bicyclic) bond motifs is 1. The van der Waals surface area contributed by atoms with Gasteiger partial charge in [0, 0.05) is 25.1 Å². The fourth-order valence-corrected chi connectivity index (χ4v) is 6.90. The van der Waals surface area contributed by atoms with E-state index in [-0.39, 0.29) is 42.9 Å². The first-order valence-electron chi connectivity index (χ1n) is 17.1. The molecule has 2 amide bonds. The maximum Gasteiger partial charge on any atom is 0.261 e. The molecule has 0 spiro atoms. The lowest BCUT2D eigenvalue weighted by Gasteiger charge is -2.38. The number of aromatic hydroxyl groups is 1. The number of phenolic OH excluding ortho intramolecular Hbond substituents is 1. The smallest absolute Gasteiger partial charge is 0.261 e. The summed E-state index contributed by atoms with van der Waals surface area (Å²) < 4.78 is 13.1. The molecule has 2 aliphatic heterocycles. The number of rotatable bonds is 11. The average molecular weight is 685 g/mol. The van der Waals surface area contributed by atoms with E-state index < -0.39 is 12.4 Å². The monoisotopic (exact) mass is 684 g/mol. The molecule has 1 fully saturated rings. The maximum absolute atomic E-state index is 13.1. The van der Waals surface area contributed by atoms with Crippen molar-refractivity contribution in [2.75, 3.05) is 20.1 Å². The first-order chi connectivity index (χ1) is 24.8. The number of amides is 2. The lowest BCUT2D eigenvalue weighted by molar-refractivity contribution is -0.252. The molecule has 4 atom stereocenters. The highest BCUT2D eigenvalue weighted by atomic mass is 16.7. The van der Waals surface area contributed by atoms with E-state index in [2.05, 4.69) is 0 Å². The summed E-state index contributed by atoms with van der Waals surface area (Å²) in [6, 6.07) is 37.0. The standard InChI is InChI=1S/C42H40N2O7/c1-43(25-38(47)31-8-6-9-33(46)21-31)24-34-22-39(29-15-13-27(26-45)14-16-29)51-42(50-34)30-19-17-28(18-20-30)35-10-3-2-7-32(35)23-44-40(48)36-11-4-5-12-37(36)41(44)49/h2-21,34,38-39,42,45-47H,22-26H2,1H3/t34-,38+,39+,42+/m0/s1. The number of imide groups is 1. The highest BCUT2D eigenvalue weighted by molar-refractivity contribution is 6.21. The van der Waals surface area contributed by atoms with Crippen LogP contribution in [0.1, 0.15) is 73.5 Å². The van der Waals surface area contributed by atoms with Crippen LogP contribution in [0.2, 0.25) is 0 Å². The predicted octanol–water partition coefficient (Wildman–Crippen LogP) is 6.56. The minimum Gasteiger partial charge on any atom is -0.508 e. The Bertz CT molecular complexity index is 1980. The van der Waals surface area contributed by atoms with Crippen LogP contribution in [0.5, 0.6) is 5.75 Å². The summed E-state index contributed by atoms with van der Waals surface area (Å²) in [6.45, 7) is 0.995. The zero-order valence-corrected chi connectivity index (χ0v) is 28.3. The van der Waals surface area contributed by atoms with Crippen molar-refractivity contribution < 1.29 is 34.4 Å². The molecule has 3 N–H and O–H groups in total. The molecule has 0 saturated carbocycles. The Labute approximate surface area is 296 Å². The van der Waals surface area contributed by atoms with E-state index in [1.54, 1.807) is 48.5 Å². The number of hydrogen-bond donors (Lipinski definition) is 3. The van der Waals surface area contributed by atoms with Gasteiger partial charge >= 0.3 is 0 Å². The van der Waals surface area contributed by atoms with Crippen molar-refractivity contribution in [2.45, 2.75) is 44.2 Å². The number of aliphatic hydroxyl groups is 2. The van der Waals surface area contributed by atoms with Crippen LogP contribution in [-0.2, 0) is 22.6 Å². The molecule has 0 unspecified atom stereocenters. The molecule has 2 heterocycles. The van der Waals surface area contributed by atoms with Crippen molar-refractivity contribution in [1.29, 1.82) is 0 Å². The van der Waals surface area contributed by atoms with Gasteiger partial charge in [-0.2, -0.15) is 0 Å². The summed E-state index contributed by atoms with van der Waals surface area (Å²) in [6.07, 6.45) is -1.37. The third kappa shape index (κ3) is 7.49. The van der Waals surface area contributed by atoms with Gasteiger partial charge in [0.25, 0.3) is 11.8 Å². The quantitative estimate of drug-likeness (QED) is 0.134. The molecule has 9 heteroatoms. The Morgan fingerprint density at radius 2 is 1.43 bits per heavy atom. The Hall–Kier alpha value is -5.16. The second-order valence-corrected chi connectivity index (χ2v) is 13.2. The number of nitrogens with zero attached hydrogens (tertiary/aromatic N) is 2. The Kier molecular flexibility index (Phi) is 10.1. The number of phenols is 1. The largest absolute Gasteiger partial charge is 0.508 e. The van der Waals surface area contributed by atoms with Crippen molar-refractivity contribution in [3.05, 3.63) is 160 Å². The molecule has 0 bridgehead atoms. The van der Waals surface area contributed by atoms with Crippen molar-refractivity contribution in [3.8, 4) is 16.9 Å². The lowest BCUT2D eigenvalue weighted by atomic mass is 9.97. The predicted molar refractivity (Wildman–Crippen MR) is 192 cm³/mol. The molecule has 0 aromatic heterocycles. The molecule has 51 heavy (non-hydrogen) atoms. The molecule has 5 aromatic carbocycles. The second kappa shape index (κ2) is 15.0. The van der Waals surface area contributed by atoms with E-state index in [0.29, 0.717) is 36.2 Å². The minimum atomic E-state index is -0.785. The summed E-state index contributed by atoms with van der Waals surface area (Å²) in [4.78, 5) is 29.5. The van der Waals surface area contributed by atoms with E-state index in [9.17, 15) is 24.9 Å². The van der Waals surface area contributed by atoms with E-state index in [1.807, 2.05) is 84.7 Å². The van der Waals surface area contributed by atoms with Gasteiger partial charge in [-0.1, -0.05) is 97.1 Å². The molecule has 0 aliphatic carbocycles. The van der Waals surface area contributed by atoms with E-state index >= 15 is 0 Å². The zero-order chi connectivity index (χ0) is 35.5. The van der Waals surface area contributed by atoms with Crippen LogP contribution in [0.4, 0.5) is 0 Å². The molecule has 1 saturated heterocycles. The Morgan fingerprint density at radius 3 is 2.10 bits per heavy atom. The number of hydrogen-bond acceptors (Lipinski definition) is 8.